The van der Waals surface area contributed by atoms with Gasteiger partial charge in [-0.15, -0.1) is 0 Å². The van der Waals surface area contributed by atoms with Crippen molar-refractivity contribution in [3.8, 4) is 5.75 Å². The summed E-state index contributed by atoms with van der Waals surface area (Å²) in [7, 11) is 1.42. The monoisotopic (exact) mass is 318 g/mol. The molecule has 1 aromatic carbocycles. The average molecular weight is 318 g/mol. The van der Waals surface area contributed by atoms with Gasteiger partial charge in [-0.1, -0.05) is 38.6 Å². The third-order valence-corrected chi connectivity index (χ3v) is 3.71. The van der Waals surface area contributed by atoms with Gasteiger partial charge in [-0.25, -0.2) is 0 Å². The van der Waals surface area contributed by atoms with Gasteiger partial charge in [0.05, 0.1) is 13.7 Å². The minimum atomic E-state index is -4.92. The summed E-state index contributed by atoms with van der Waals surface area (Å²) in [6.07, 6.45) is -4.02. The number of benzene rings is 1. The molecular formula is C16H21F3O3. The summed E-state index contributed by atoms with van der Waals surface area (Å²) in [5, 5.41) is 18.8. The second-order valence-electron chi connectivity index (χ2n) is 5.91. The van der Waals surface area contributed by atoms with Gasteiger partial charge in [0.25, 0.3) is 0 Å². The molecule has 3 nitrogen and oxygen atoms in total. The molecule has 0 aliphatic rings. The molecule has 0 saturated carbocycles. The maximum atomic E-state index is 13.0. The molecule has 0 amide bonds. The first-order valence-corrected chi connectivity index (χ1v) is 6.71. The van der Waals surface area contributed by atoms with Crippen LogP contribution in [0.15, 0.2) is 24.8 Å². The van der Waals surface area contributed by atoms with Crippen molar-refractivity contribution in [3.05, 3.63) is 35.9 Å². The quantitative estimate of drug-likeness (QED) is 0.846. The predicted molar refractivity (Wildman–Crippen MR) is 78.8 cm³/mol. The zero-order valence-electron chi connectivity index (χ0n) is 12.9. The molecule has 0 aliphatic heterocycles. The van der Waals surface area contributed by atoms with Gasteiger partial charge < -0.3 is 14.9 Å². The molecule has 0 fully saturated rings. The number of alkyl halides is 3. The number of rotatable bonds is 6. The minimum absolute atomic E-state index is 0.407. The van der Waals surface area contributed by atoms with E-state index in [1.165, 1.54) is 7.11 Å². The van der Waals surface area contributed by atoms with Crippen molar-refractivity contribution in [2.45, 2.75) is 37.5 Å². The molecule has 0 saturated heterocycles. The second-order valence-corrected chi connectivity index (χ2v) is 5.91. The Morgan fingerprint density at radius 1 is 1.27 bits per heavy atom. The molecule has 0 aromatic heterocycles. The van der Waals surface area contributed by atoms with Crippen LogP contribution in [0.4, 0.5) is 13.2 Å². The summed E-state index contributed by atoms with van der Waals surface area (Å²) in [4.78, 5) is 0. The largest absolute Gasteiger partial charge is 0.496 e. The minimum Gasteiger partial charge on any atom is -0.496 e. The first kappa shape index (κ1) is 18.5. The van der Waals surface area contributed by atoms with Crippen molar-refractivity contribution in [1.82, 2.24) is 0 Å². The molecule has 124 valence electrons. The number of halogens is 3. The molecule has 0 radical (unpaired) electrons. The third-order valence-electron chi connectivity index (χ3n) is 3.71. The Labute approximate surface area is 128 Å². The van der Waals surface area contributed by atoms with Gasteiger partial charge in [0.1, 0.15) is 5.75 Å². The fraction of sp³-hybridized carbons (Fsp3) is 0.500. The molecule has 1 aromatic rings. The third kappa shape index (κ3) is 3.62. The summed E-state index contributed by atoms with van der Waals surface area (Å²) in [5.41, 5.74) is -2.96. The first-order chi connectivity index (χ1) is 10.0. The summed E-state index contributed by atoms with van der Waals surface area (Å²) >= 11 is 0. The Morgan fingerprint density at radius 2 is 1.86 bits per heavy atom. The lowest BCUT2D eigenvalue weighted by atomic mass is 9.74. The average Bonchev–Trinajstić information content (AvgIpc) is 2.44. The van der Waals surface area contributed by atoms with Crippen LogP contribution in [-0.4, -0.2) is 35.7 Å². The van der Waals surface area contributed by atoms with E-state index in [1.807, 2.05) is 0 Å². The van der Waals surface area contributed by atoms with Crippen molar-refractivity contribution >= 4 is 6.08 Å². The molecule has 1 atom stereocenters. The highest BCUT2D eigenvalue weighted by Crippen LogP contribution is 2.43. The topological polar surface area (TPSA) is 49.7 Å². The lowest BCUT2D eigenvalue weighted by Gasteiger charge is -2.37. The molecule has 2 N–H and O–H groups in total. The highest BCUT2D eigenvalue weighted by atomic mass is 19.4. The number of aliphatic hydroxyl groups is 2. The van der Waals surface area contributed by atoms with Crippen LogP contribution in [0.1, 0.15) is 31.4 Å². The van der Waals surface area contributed by atoms with E-state index in [9.17, 15) is 18.3 Å². The van der Waals surface area contributed by atoms with Gasteiger partial charge in [0, 0.05) is 0 Å². The van der Waals surface area contributed by atoms with Crippen LogP contribution in [0.2, 0.25) is 0 Å². The normalized spacial score (nSPS) is 15.3. The van der Waals surface area contributed by atoms with E-state index in [-0.39, 0.29) is 0 Å². The molecule has 0 aliphatic carbocycles. The fourth-order valence-corrected chi connectivity index (χ4v) is 2.47. The van der Waals surface area contributed by atoms with Gasteiger partial charge >= 0.3 is 6.18 Å². The van der Waals surface area contributed by atoms with Crippen molar-refractivity contribution in [1.29, 1.82) is 0 Å². The number of hydrogen-bond acceptors (Lipinski definition) is 3. The van der Waals surface area contributed by atoms with E-state index in [2.05, 4.69) is 6.58 Å². The highest BCUT2D eigenvalue weighted by molar-refractivity contribution is 5.53. The number of hydrogen-bond donors (Lipinski definition) is 2. The standard InChI is InChI=1S/C16H21F3O3/c1-5-11-6-7-12(13(8-11)22-4)14(2,3)9-15(21,10-20)16(17,18)19/h5-8,20-21H,1,9-10H2,2-4H3. The van der Waals surface area contributed by atoms with E-state index in [0.29, 0.717) is 11.3 Å². The Bertz CT molecular complexity index is 538. The van der Waals surface area contributed by atoms with E-state index >= 15 is 0 Å². The van der Waals surface area contributed by atoms with Gasteiger partial charge in [-0.05, 0) is 29.0 Å². The molecule has 22 heavy (non-hydrogen) atoms. The van der Waals surface area contributed by atoms with Gasteiger partial charge in [-0.2, -0.15) is 13.2 Å². The maximum absolute atomic E-state index is 13.0. The Balaban J connectivity index is 3.27. The van der Waals surface area contributed by atoms with Crippen LogP contribution >= 0.6 is 0 Å². The molecule has 0 heterocycles. The van der Waals surface area contributed by atoms with Crippen LogP contribution in [0, 0.1) is 0 Å². The van der Waals surface area contributed by atoms with Crippen LogP contribution < -0.4 is 4.74 Å². The fourth-order valence-electron chi connectivity index (χ4n) is 2.47. The first-order valence-electron chi connectivity index (χ1n) is 6.71. The van der Waals surface area contributed by atoms with Gasteiger partial charge in [0.15, 0.2) is 5.60 Å². The van der Waals surface area contributed by atoms with Crippen LogP contribution in [0.25, 0.3) is 6.08 Å². The highest BCUT2D eigenvalue weighted by Gasteiger charge is 2.55. The summed E-state index contributed by atoms with van der Waals surface area (Å²) in [6.45, 7) is 5.35. The summed E-state index contributed by atoms with van der Waals surface area (Å²) < 4.78 is 44.2. The number of methoxy groups -OCH3 is 1. The van der Waals surface area contributed by atoms with E-state index < -0.39 is 30.2 Å². The Morgan fingerprint density at radius 3 is 2.27 bits per heavy atom. The van der Waals surface area contributed by atoms with Gasteiger partial charge in [0.2, 0.25) is 0 Å². The van der Waals surface area contributed by atoms with E-state index in [0.717, 1.165) is 5.56 Å². The SMILES string of the molecule is C=Cc1ccc(C(C)(C)CC(O)(CO)C(F)(F)F)c(OC)c1. The molecule has 0 bridgehead atoms. The van der Waals surface area contributed by atoms with Gasteiger partial charge in [-0.3, -0.25) is 0 Å². The van der Waals surface area contributed by atoms with Crippen LogP contribution in [0.3, 0.4) is 0 Å². The van der Waals surface area contributed by atoms with Crippen LogP contribution in [0.5, 0.6) is 5.75 Å². The molecule has 0 spiro atoms. The van der Waals surface area contributed by atoms with Crippen molar-refractivity contribution in [2.24, 2.45) is 0 Å². The Hall–Kier alpha value is -1.53. The molecule has 1 rings (SSSR count). The smallest absolute Gasteiger partial charge is 0.419 e. The molecule has 1 unspecified atom stereocenters. The maximum Gasteiger partial charge on any atom is 0.419 e. The van der Waals surface area contributed by atoms with E-state index in [4.69, 9.17) is 9.84 Å². The predicted octanol–water partition coefficient (Wildman–Crippen LogP) is 3.29. The van der Waals surface area contributed by atoms with E-state index in [1.54, 1.807) is 38.1 Å². The summed E-state index contributed by atoms with van der Waals surface area (Å²) in [5.74, 6) is 0.407. The number of aliphatic hydroxyl groups excluding tert-OH is 1. The zero-order chi connectivity index (χ0) is 17.2. The summed E-state index contributed by atoms with van der Waals surface area (Å²) in [6, 6.07) is 5.01. The van der Waals surface area contributed by atoms with Crippen molar-refractivity contribution < 1.29 is 28.1 Å². The van der Waals surface area contributed by atoms with Crippen molar-refractivity contribution in [2.75, 3.05) is 13.7 Å². The van der Waals surface area contributed by atoms with Crippen molar-refractivity contribution in [3.63, 3.8) is 0 Å². The molecular weight excluding hydrogens is 297 g/mol. The second kappa shape index (κ2) is 6.30. The van der Waals surface area contributed by atoms with Crippen LogP contribution in [-0.2, 0) is 5.41 Å². The Kier molecular flexibility index (Phi) is 5.30. The molecule has 6 heteroatoms. The number of ether oxygens (including phenoxy) is 1. The lowest BCUT2D eigenvalue weighted by molar-refractivity contribution is -0.277. The lowest BCUT2D eigenvalue weighted by Crippen LogP contribution is -2.52. The zero-order valence-corrected chi connectivity index (χ0v) is 12.9.